The van der Waals surface area contributed by atoms with Crippen LogP contribution in [0.25, 0.3) is 66.8 Å². The zero-order valence-corrected chi connectivity index (χ0v) is 27.5. The van der Waals surface area contributed by atoms with Gasteiger partial charge < -0.3 is 0 Å². The number of hydrogen-bond donors (Lipinski definition) is 0. The minimum atomic E-state index is 0.808. The summed E-state index contributed by atoms with van der Waals surface area (Å²) in [5.74, 6) is 0. The average Bonchev–Trinajstić information content (AvgIpc) is 3.21. The van der Waals surface area contributed by atoms with Crippen LogP contribution in [0.15, 0.2) is 216 Å². The normalized spacial score (nSPS) is 11.1. The maximum Gasteiger partial charge on any atom is 0.0942 e. The summed E-state index contributed by atoms with van der Waals surface area (Å²) in [6.07, 6.45) is 0. The third kappa shape index (κ3) is 6.19. The van der Waals surface area contributed by atoms with Gasteiger partial charge in [0.15, 0.2) is 0 Å². The fourth-order valence-corrected chi connectivity index (χ4v) is 6.78. The van der Waals surface area contributed by atoms with Gasteiger partial charge in [-0.15, -0.1) is 10.2 Å². The van der Waals surface area contributed by atoms with E-state index in [-0.39, 0.29) is 0 Å². The second-order valence-electron chi connectivity index (χ2n) is 12.2. The number of hydrogen-bond acceptors (Lipinski definition) is 2. The van der Waals surface area contributed by atoms with Crippen molar-refractivity contribution in [2.75, 3.05) is 0 Å². The first kappa shape index (κ1) is 30.7. The van der Waals surface area contributed by atoms with Crippen molar-refractivity contribution in [2.24, 2.45) is 10.2 Å². The first-order valence-corrected chi connectivity index (χ1v) is 16.9. The lowest BCUT2D eigenvalue weighted by molar-refractivity contribution is 1.23. The molecule has 0 N–H and O–H groups in total. The van der Waals surface area contributed by atoms with Crippen molar-refractivity contribution in [2.45, 2.75) is 0 Å². The molecular formula is C48H34N2. The van der Waals surface area contributed by atoms with Gasteiger partial charge in [0.1, 0.15) is 0 Å². The van der Waals surface area contributed by atoms with Gasteiger partial charge in [0.2, 0.25) is 0 Å². The molecule has 0 amide bonds. The third-order valence-corrected chi connectivity index (χ3v) is 9.05. The Morgan fingerprint density at radius 2 is 0.440 bits per heavy atom. The van der Waals surface area contributed by atoms with Gasteiger partial charge in [-0.2, -0.15) is 0 Å². The Bertz CT molecular complexity index is 2200. The highest BCUT2D eigenvalue weighted by Crippen LogP contribution is 2.48. The van der Waals surface area contributed by atoms with E-state index in [2.05, 4.69) is 206 Å². The van der Waals surface area contributed by atoms with Crippen molar-refractivity contribution in [1.29, 1.82) is 0 Å². The summed E-state index contributed by atoms with van der Waals surface area (Å²) in [4.78, 5) is 0. The highest BCUT2D eigenvalue weighted by atomic mass is 15.1. The van der Waals surface area contributed by atoms with Crippen LogP contribution >= 0.6 is 0 Å². The van der Waals surface area contributed by atoms with Crippen molar-refractivity contribution in [3.8, 4) is 66.8 Å². The predicted octanol–water partition coefficient (Wildman–Crippen LogP) is 14.1. The molecule has 2 heteroatoms. The molecule has 2 nitrogen and oxygen atoms in total. The average molecular weight is 639 g/mol. The van der Waals surface area contributed by atoms with Gasteiger partial charge in [0, 0.05) is 11.1 Å². The van der Waals surface area contributed by atoms with Crippen molar-refractivity contribution < 1.29 is 0 Å². The Balaban J connectivity index is 1.39. The van der Waals surface area contributed by atoms with E-state index in [1.54, 1.807) is 0 Å². The molecule has 0 radical (unpaired) electrons. The quantitative estimate of drug-likeness (QED) is 0.148. The first-order valence-electron chi connectivity index (χ1n) is 16.9. The largest absolute Gasteiger partial charge is 0.150 e. The summed E-state index contributed by atoms with van der Waals surface area (Å²) in [7, 11) is 0. The van der Waals surface area contributed by atoms with Crippen molar-refractivity contribution in [3.63, 3.8) is 0 Å². The van der Waals surface area contributed by atoms with Gasteiger partial charge >= 0.3 is 0 Å². The molecule has 0 aliphatic rings. The lowest BCUT2D eigenvalue weighted by Crippen LogP contribution is -1.92. The van der Waals surface area contributed by atoms with Gasteiger partial charge in [-0.25, -0.2) is 0 Å². The molecule has 50 heavy (non-hydrogen) atoms. The maximum absolute atomic E-state index is 5.12. The van der Waals surface area contributed by atoms with Crippen LogP contribution in [0.2, 0.25) is 0 Å². The van der Waals surface area contributed by atoms with Gasteiger partial charge in [-0.3, -0.25) is 0 Å². The molecule has 0 aliphatic carbocycles. The molecule has 236 valence electrons. The Morgan fingerprint density at radius 1 is 0.200 bits per heavy atom. The molecule has 0 saturated heterocycles. The van der Waals surface area contributed by atoms with E-state index in [1.807, 2.05) is 0 Å². The van der Waals surface area contributed by atoms with Crippen molar-refractivity contribution in [3.05, 3.63) is 206 Å². The number of rotatable bonds is 8. The summed E-state index contributed by atoms with van der Waals surface area (Å²) in [6.45, 7) is 0. The monoisotopic (exact) mass is 638 g/mol. The number of azo groups is 1. The summed E-state index contributed by atoms with van der Waals surface area (Å²) < 4.78 is 0. The standard InChI is InChI=1S/C48H34N2/c1-7-19-35(20-8-1)41-31-33-43(47(39-27-15-5-16-28-39)45(41)37-23-11-3-12-24-37)49-50-44-34-32-42(36-21-9-2-10-22-36)46(38-25-13-4-14-26-38)48(44)40-29-17-6-18-30-40/h1-34H. The molecule has 8 rings (SSSR count). The number of benzene rings is 8. The van der Waals surface area contributed by atoms with Crippen LogP contribution in [0.3, 0.4) is 0 Å². The molecule has 0 spiro atoms. The summed E-state index contributed by atoms with van der Waals surface area (Å²) in [6, 6.07) is 72.1. The lowest BCUT2D eigenvalue weighted by Gasteiger charge is -2.19. The molecule has 0 aliphatic heterocycles. The van der Waals surface area contributed by atoms with E-state index >= 15 is 0 Å². The van der Waals surface area contributed by atoms with Gasteiger partial charge in [-0.1, -0.05) is 194 Å². The predicted molar refractivity (Wildman–Crippen MR) is 210 cm³/mol. The molecule has 8 aromatic rings. The molecule has 0 aromatic heterocycles. The summed E-state index contributed by atoms with van der Waals surface area (Å²) >= 11 is 0. The Kier molecular flexibility index (Phi) is 8.73. The van der Waals surface area contributed by atoms with Crippen LogP contribution in [0, 0.1) is 0 Å². The summed E-state index contributed by atoms with van der Waals surface area (Å²) in [5, 5.41) is 10.2. The van der Waals surface area contributed by atoms with Crippen molar-refractivity contribution >= 4 is 11.4 Å². The van der Waals surface area contributed by atoms with Crippen LogP contribution in [0.5, 0.6) is 0 Å². The number of nitrogens with zero attached hydrogens (tertiary/aromatic N) is 2. The molecule has 0 heterocycles. The van der Waals surface area contributed by atoms with E-state index in [0.717, 1.165) is 78.1 Å². The second kappa shape index (κ2) is 14.2. The van der Waals surface area contributed by atoms with Crippen molar-refractivity contribution in [1.82, 2.24) is 0 Å². The zero-order chi connectivity index (χ0) is 33.5. The minimum Gasteiger partial charge on any atom is -0.150 e. The fraction of sp³-hybridized carbons (Fsp3) is 0. The van der Waals surface area contributed by atoms with E-state index in [0.29, 0.717) is 0 Å². The van der Waals surface area contributed by atoms with Crippen LogP contribution in [-0.4, -0.2) is 0 Å². The van der Waals surface area contributed by atoms with E-state index < -0.39 is 0 Å². The topological polar surface area (TPSA) is 24.7 Å². The Labute approximate surface area is 293 Å². The zero-order valence-electron chi connectivity index (χ0n) is 27.5. The van der Waals surface area contributed by atoms with Gasteiger partial charge in [0.05, 0.1) is 11.4 Å². The van der Waals surface area contributed by atoms with Gasteiger partial charge in [0.25, 0.3) is 0 Å². The lowest BCUT2D eigenvalue weighted by atomic mass is 9.86. The highest BCUT2D eigenvalue weighted by molar-refractivity contribution is 6.01. The van der Waals surface area contributed by atoms with Crippen LogP contribution in [-0.2, 0) is 0 Å². The van der Waals surface area contributed by atoms with E-state index in [4.69, 9.17) is 10.2 Å². The van der Waals surface area contributed by atoms with Crippen LogP contribution < -0.4 is 0 Å². The molecule has 8 aromatic carbocycles. The smallest absolute Gasteiger partial charge is 0.0942 e. The second-order valence-corrected chi connectivity index (χ2v) is 12.2. The third-order valence-electron chi connectivity index (χ3n) is 9.05. The van der Waals surface area contributed by atoms with E-state index in [9.17, 15) is 0 Å². The molecule has 0 bridgehead atoms. The molecule has 0 atom stereocenters. The minimum absolute atomic E-state index is 0.808. The molecule has 0 saturated carbocycles. The molecule has 0 fully saturated rings. The van der Waals surface area contributed by atoms with Crippen LogP contribution in [0.1, 0.15) is 0 Å². The van der Waals surface area contributed by atoms with Crippen LogP contribution in [0.4, 0.5) is 11.4 Å². The SMILES string of the molecule is c1ccc(-c2ccc(N=Nc3ccc(-c4ccccc4)c(-c4ccccc4)c3-c3ccccc3)c(-c3ccccc3)c2-c2ccccc2)cc1. The highest BCUT2D eigenvalue weighted by Gasteiger charge is 2.20. The van der Waals surface area contributed by atoms with E-state index in [1.165, 1.54) is 0 Å². The Hall–Kier alpha value is -6.64. The maximum atomic E-state index is 5.12. The summed E-state index contributed by atoms with van der Waals surface area (Å²) in [5.41, 5.74) is 15.0. The molecular weight excluding hydrogens is 605 g/mol. The fourth-order valence-electron chi connectivity index (χ4n) is 6.78. The first-order chi connectivity index (χ1) is 24.8. The Morgan fingerprint density at radius 3 is 0.720 bits per heavy atom. The molecule has 0 unspecified atom stereocenters. The van der Waals surface area contributed by atoms with Gasteiger partial charge in [-0.05, 0) is 67.8 Å².